The van der Waals surface area contributed by atoms with Crippen LogP contribution in [0.15, 0.2) is 78.4 Å². The lowest BCUT2D eigenvalue weighted by molar-refractivity contribution is -0.115. The van der Waals surface area contributed by atoms with E-state index in [2.05, 4.69) is 63.4 Å². The second-order valence-electron chi connectivity index (χ2n) is 10.1. The summed E-state index contributed by atoms with van der Waals surface area (Å²) in [4.78, 5) is 24.6. The van der Waals surface area contributed by atoms with Gasteiger partial charge in [-0.25, -0.2) is 4.79 Å². The van der Waals surface area contributed by atoms with Gasteiger partial charge in [0.1, 0.15) is 0 Å². The molecule has 0 aliphatic heterocycles. The van der Waals surface area contributed by atoms with E-state index in [1.807, 2.05) is 30.3 Å². The monoisotopic (exact) mass is 453 g/mol. The predicted molar refractivity (Wildman–Crippen MR) is 139 cm³/mol. The van der Waals surface area contributed by atoms with Gasteiger partial charge in [-0.15, -0.1) is 0 Å². The maximum Gasteiger partial charge on any atom is 0.337 e. The largest absolute Gasteiger partial charge is 0.478 e. The first-order valence-corrected chi connectivity index (χ1v) is 11.7. The Balaban J connectivity index is 1.50. The number of carbonyl (C=O) groups excluding carboxylic acids is 1. The molecule has 0 fully saturated rings. The standard InChI is InChI=1S/C30H31NO3/c1-19-15-24(20-11-13-25(14-12-20)30(2,3)4)10-9-21(19)18-28(32)31-27-17-23-8-6-5-7-22(23)16-26(27)29(33)34/h5-14,16-17,19H,15,18H2,1-4H3,(H,31,32)(H,33,34). The van der Waals surface area contributed by atoms with Crippen molar-refractivity contribution in [2.45, 2.75) is 46.0 Å². The summed E-state index contributed by atoms with van der Waals surface area (Å²) >= 11 is 0. The van der Waals surface area contributed by atoms with E-state index < -0.39 is 5.97 Å². The molecule has 0 heterocycles. The van der Waals surface area contributed by atoms with Crippen molar-refractivity contribution in [2.24, 2.45) is 5.92 Å². The molecule has 0 bridgehead atoms. The Kier molecular flexibility index (Phi) is 6.43. The van der Waals surface area contributed by atoms with Crippen LogP contribution in [0.5, 0.6) is 0 Å². The van der Waals surface area contributed by atoms with Crippen molar-refractivity contribution in [2.75, 3.05) is 5.32 Å². The zero-order valence-electron chi connectivity index (χ0n) is 20.2. The van der Waals surface area contributed by atoms with E-state index in [-0.39, 0.29) is 29.2 Å². The third kappa shape index (κ3) is 5.12. The van der Waals surface area contributed by atoms with Crippen LogP contribution in [0.1, 0.15) is 62.0 Å². The van der Waals surface area contributed by atoms with E-state index >= 15 is 0 Å². The summed E-state index contributed by atoms with van der Waals surface area (Å²) in [5.74, 6) is -1.04. The van der Waals surface area contributed by atoms with Crippen molar-refractivity contribution in [3.8, 4) is 0 Å². The third-order valence-electron chi connectivity index (χ3n) is 6.53. The minimum Gasteiger partial charge on any atom is -0.478 e. The van der Waals surface area contributed by atoms with Crippen LogP contribution in [-0.4, -0.2) is 17.0 Å². The Morgan fingerprint density at radius 1 is 0.971 bits per heavy atom. The molecule has 0 spiro atoms. The molecule has 1 atom stereocenters. The number of anilines is 1. The van der Waals surface area contributed by atoms with Crippen molar-refractivity contribution >= 4 is 33.9 Å². The van der Waals surface area contributed by atoms with Crippen LogP contribution in [-0.2, 0) is 10.2 Å². The zero-order valence-corrected chi connectivity index (χ0v) is 20.2. The lowest BCUT2D eigenvalue weighted by atomic mass is 9.82. The number of hydrogen-bond donors (Lipinski definition) is 2. The summed E-state index contributed by atoms with van der Waals surface area (Å²) < 4.78 is 0. The van der Waals surface area contributed by atoms with E-state index in [4.69, 9.17) is 0 Å². The average Bonchev–Trinajstić information content (AvgIpc) is 2.79. The molecular weight excluding hydrogens is 422 g/mol. The van der Waals surface area contributed by atoms with Crippen LogP contribution in [0.4, 0.5) is 5.69 Å². The minimum atomic E-state index is -1.06. The molecule has 0 saturated heterocycles. The Morgan fingerprint density at radius 3 is 2.21 bits per heavy atom. The van der Waals surface area contributed by atoms with Crippen LogP contribution in [0, 0.1) is 5.92 Å². The minimum absolute atomic E-state index is 0.0959. The number of amides is 1. The van der Waals surface area contributed by atoms with Gasteiger partial charge in [0.15, 0.2) is 0 Å². The van der Waals surface area contributed by atoms with Gasteiger partial charge in [-0.3, -0.25) is 4.79 Å². The molecule has 0 aromatic heterocycles. The number of carbonyl (C=O) groups is 2. The highest BCUT2D eigenvalue weighted by molar-refractivity contribution is 6.05. The van der Waals surface area contributed by atoms with E-state index in [1.54, 1.807) is 12.1 Å². The Labute approximate surface area is 201 Å². The van der Waals surface area contributed by atoms with Gasteiger partial charge < -0.3 is 10.4 Å². The number of benzene rings is 3. The molecule has 0 radical (unpaired) electrons. The van der Waals surface area contributed by atoms with Gasteiger partial charge in [0.2, 0.25) is 5.91 Å². The first kappa shape index (κ1) is 23.5. The topological polar surface area (TPSA) is 66.4 Å². The van der Waals surface area contributed by atoms with Crippen molar-refractivity contribution in [3.63, 3.8) is 0 Å². The van der Waals surface area contributed by atoms with Crippen molar-refractivity contribution in [1.29, 1.82) is 0 Å². The Bertz CT molecular complexity index is 1310. The lowest BCUT2D eigenvalue weighted by Gasteiger charge is -2.23. The molecule has 1 aliphatic rings. The van der Waals surface area contributed by atoms with Crippen LogP contribution >= 0.6 is 0 Å². The van der Waals surface area contributed by atoms with E-state index in [1.165, 1.54) is 16.7 Å². The highest BCUT2D eigenvalue weighted by Crippen LogP contribution is 2.34. The summed E-state index contributed by atoms with van der Waals surface area (Å²) in [5.41, 5.74) is 5.38. The summed E-state index contributed by atoms with van der Waals surface area (Å²) in [6, 6.07) is 19.6. The number of aromatic carboxylic acids is 1. The molecule has 174 valence electrons. The fourth-order valence-electron chi connectivity index (χ4n) is 4.43. The number of nitrogens with one attached hydrogen (secondary N) is 1. The van der Waals surface area contributed by atoms with E-state index in [0.29, 0.717) is 5.69 Å². The molecule has 3 aromatic carbocycles. The molecule has 2 N–H and O–H groups in total. The van der Waals surface area contributed by atoms with Gasteiger partial charge in [0.05, 0.1) is 11.3 Å². The number of fused-ring (bicyclic) bond motifs is 1. The normalized spacial score (nSPS) is 16.1. The van der Waals surface area contributed by atoms with Crippen LogP contribution in [0.3, 0.4) is 0 Å². The summed E-state index contributed by atoms with van der Waals surface area (Å²) in [6.07, 6.45) is 5.25. The Hall–Kier alpha value is -3.66. The fraction of sp³-hybridized carbons (Fsp3) is 0.267. The smallest absolute Gasteiger partial charge is 0.337 e. The molecule has 1 aliphatic carbocycles. The summed E-state index contributed by atoms with van der Waals surface area (Å²) in [7, 11) is 0. The van der Waals surface area contributed by atoms with Crippen molar-refractivity contribution in [3.05, 3.63) is 95.1 Å². The SMILES string of the molecule is CC1CC(c2ccc(C(C)(C)C)cc2)=CC=C1CC(=O)Nc1cc2ccccc2cc1C(=O)O. The maximum atomic E-state index is 12.9. The predicted octanol–water partition coefficient (Wildman–Crippen LogP) is 7.21. The van der Waals surface area contributed by atoms with Gasteiger partial charge in [-0.1, -0.05) is 94.0 Å². The molecule has 4 nitrogen and oxygen atoms in total. The second kappa shape index (κ2) is 9.30. The number of allylic oxidation sites excluding steroid dienone is 3. The first-order chi connectivity index (χ1) is 16.1. The molecular formula is C30H31NO3. The highest BCUT2D eigenvalue weighted by Gasteiger charge is 2.21. The van der Waals surface area contributed by atoms with E-state index in [0.717, 1.165) is 22.8 Å². The molecule has 1 amide bonds. The van der Waals surface area contributed by atoms with Crippen LogP contribution < -0.4 is 5.32 Å². The van der Waals surface area contributed by atoms with Gasteiger partial charge in [-0.2, -0.15) is 0 Å². The van der Waals surface area contributed by atoms with E-state index in [9.17, 15) is 14.7 Å². The first-order valence-electron chi connectivity index (χ1n) is 11.7. The van der Waals surface area contributed by atoms with Crippen LogP contribution in [0.2, 0.25) is 0 Å². The quantitative estimate of drug-likeness (QED) is 0.429. The maximum absolute atomic E-state index is 12.9. The summed E-state index contributed by atoms with van der Waals surface area (Å²) in [6.45, 7) is 8.76. The zero-order chi connectivity index (χ0) is 24.5. The molecule has 34 heavy (non-hydrogen) atoms. The van der Waals surface area contributed by atoms with Crippen LogP contribution in [0.25, 0.3) is 16.3 Å². The average molecular weight is 454 g/mol. The van der Waals surface area contributed by atoms with Gasteiger partial charge in [0, 0.05) is 6.42 Å². The number of hydrogen-bond acceptors (Lipinski definition) is 2. The second-order valence-corrected chi connectivity index (χ2v) is 10.1. The molecule has 0 saturated carbocycles. The Morgan fingerprint density at radius 2 is 1.62 bits per heavy atom. The lowest BCUT2D eigenvalue weighted by Crippen LogP contribution is -2.18. The third-order valence-corrected chi connectivity index (χ3v) is 6.53. The summed E-state index contributed by atoms with van der Waals surface area (Å²) in [5, 5.41) is 14.2. The highest BCUT2D eigenvalue weighted by atomic mass is 16.4. The fourth-order valence-corrected chi connectivity index (χ4v) is 4.43. The van der Waals surface area contributed by atoms with Gasteiger partial charge in [0.25, 0.3) is 0 Å². The number of rotatable bonds is 5. The van der Waals surface area contributed by atoms with Gasteiger partial charge in [-0.05, 0) is 57.4 Å². The van der Waals surface area contributed by atoms with Gasteiger partial charge >= 0.3 is 5.97 Å². The number of carboxylic acids is 1. The molecule has 4 heteroatoms. The van der Waals surface area contributed by atoms with Crippen molar-refractivity contribution < 1.29 is 14.7 Å². The van der Waals surface area contributed by atoms with Crippen molar-refractivity contribution in [1.82, 2.24) is 0 Å². The molecule has 4 rings (SSSR count). The molecule has 1 unspecified atom stereocenters. The molecule has 3 aromatic rings. The number of carboxylic acid groups (broad SMARTS) is 1.